The van der Waals surface area contributed by atoms with Crippen molar-refractivity contribution in [2.24, 2.45) is 0 Å². The van der Waals surface area contributed by atoms with Gasteiger partial charge in [0.25, 0.3) is 0 Å². The molecule has 0 bridgehead atoms. The Balaban J connectivity index is 0. The third-order valence-electron chi connectivity index (χ3n) is 1.86. The number of rotatable bonds is 0. The van der Waals surface area contributed by atoms with Crippen molar-refractivity contribution in [3.8, 4) is 0 Å². The van der Waals surface area contributed by atoms with Crippen LogP contribution in [-0.2, 0) is 0 Å². The van der Waals surface area contributed by atoms with E-state index in [1.165, 1.54) is 11.1 Å². The maximum atomic E-state index is 2.18. The molecule has 17 heavy (non-hydrogen) atoms. The molecule has 0 saturated carbocycles. The van der Waals surface area contributed by atoms with Crippen LogP contribution in [0.1, 0.15) is 59.1 Å². The lowest BCUT2D eigenvalue weighted by Crippen LogP contribution is -1.76. The number of fused-ring (bicyclic) bond motifs is 1. The average molecular weight is 232 g/mol. The molecule has 2 rings (SSSR count). The van der Waals surface area contributed by atoms with E-state index in [-0.39, 0.29) is 0 Å². The van der Waals surface area contributed by atoms with Gasteiger partial charge in [-0.3, -0.25) is 0 Å². The number of benzene rings is 1. The lowest BCUT2D eigenvalue weighted by atomic mass is 10.1. The van der Waals surface area contributed by atoms with Gasteiger partial charge in [0.15, 0.2) is 0 Å². The van der Waals surface area contributed by atoms with Crippen LogP contribution in [0.5, 0.6) is 0 Å². The molecule has 0 nitrogen and oxygen atoms in total. The Hall–Kier alpha value is -1.30. The lowest BCUT2D eigenvalue weighted by molar-refractivity contribution is 1.44. The topological polar surface area (TPSA) is 0 Å². The van der Waals surface area contributed by atoms with Crippen LogP contribution in [-0.4, -0.2) is 0 Å². The standard InChI is InChI=1S/C11H10.3C2H6/c1-2-6-10-8-4-5-9-11(10)7-3-1;3*1-2/h2-9H,1H2;3*1-2H3. The highest BCUT2D eigenvalue weighted by Crippen LogP contribution is 2.15. The first kappa shape index (κ1) is 18.1. The van der Waals surface area contributed by atoms with Crippen molar-refractivity contribution in [3.63, 3.8) is 0 Å². The van der Waals surface area contributed by atoms with E-state index in [2.05, 4.69) is 48.6 Å². The second-order valence-corrected chi connectivity index (χ2v) is 2.67. The van der Waals surface area contributed by atoms with Gasteiger partial charge >= 0.3 is 0 Å². The first-order valence-electron chi connectivity index (χ1n) is 6.89. The summed E-state index contributed by atoms with van der Waals surface area (Å²) in [6.07, 6.45) is 9.77. The third-order valence-corrected chi connectivity index (χ3v) is 1.86. The van der Waals surface area contributed by atoms with E-state index in [4.69, 9.17) is 0 Å². The van der Waals surface area contributed by atoms with E-state index in [0.717, 1.165) is 6.42 Å². The molecule has 0 radical (unpaired) electrons. The summed E-state index contributed by atoms with van der Waals surface area (Å²) < 4.78 is 0. The molecule has 0 heteroatoms. The van der Waals surface area contributed by atoms with Gasteiger partial charge in [-0.05, 0) is 17.5 Å². The van der Waals surface area contributed by atoms with Crippen molar-refractivity contribution in [3.05, 3.63) is 47.5 Å². The molecule has 0 aromatic heterocycles. The van der Waals surface area contributed by atoms with Gasteiger partial charge in [0.1, 0.15) is 0 Å². The summed E-state index contributed by atoms with van der Waals surface area (Å²) >= 11 is 0. The van der Waals surface area contributed by atoms with Gasteiger partial charge < -0.3 is 0 Å². The molecular formula is C17H28. The fourth-order valence-corrected chi connectivity index (χ4v) is 1.28. The molecule has 1 aliphatic carbocycles. The van der Waals surface area contributed by atoms with Gasteiger partial charge in [0.05, 0.1) is 0 Å². The molecule has 0 spiro atoms. The second kappa shape index (κ2) is 14.7. The van der Waals surface area contributed by atoms with E-state index in [9.17, 15) is 0 Å². The van der Waals surface area contributed by atoms with Crippen molar-refractivity contribution in [1.82, 2.24) is 0 Å². The van der Waals surface area contributed by atoms with Gasteiger partial charge in [-0.1, -0.05) is 90.1 Å². The van der Waals surface area contributed by atoms with E-state index < -0.39 is 0 Å². The summed E-state index contributed by atoms with van der Waals surface area (Å²) in [5.41, 5.74) is 2.64. The summed E-state index contributed by atoms with van der Waals surface area (Å²) in [6.45, 7) is 12.0. The zero-order chi connectivity index (χ0) is 13.5. The Morgan fingerprint density at radius 3 is 1.35 bits per heavy atom. The van der Waals surface area contributed by atoms with Gasteiger partial charge in [-0.2, -0.15) is 0 Å². The predicted octanol–water partition coefficient (Wildman–Crippen LogP) is 6.20. The first-order valence-corrected chi connectivity index (χ1v) is 6.89. The minimum Gasteiger partial charge on any atom is -0.0801 e. The number of hydrogen-bond donors (Lipinski definition) is 0. The first-order chi connectivity index (χ1) is 8.47. The van der Waals surface area contributed by atoms with Crippen molar-refractivity contribution in [1.29, 1.82) is 0 Å². The predicted molar refractivity (Wildman–Crippen MR) is 83.2 cm³/mol. The van der Waals surface area contributed by atoms with Crippen molar-refractivity contribution < 1.29 is 0 Å². The molecule has 0 heterocycles. The van der Waals surface area contributed by atoms with Gasteiger partial charge in [-0.25, -0.2) is 0 Å². The van der Waals surface area contributed by atoms with Crippen LogP contribution in [0.15, 0.2) is 36.4 Å². The summed E-state index contributed by atoms with van der Waals surface area (Å²) in [6, 6.07) is 8.42. The fraction of sp³-hybridized carbons (Fsp3) is 0.412. The van der Waals surface area contributed by atoms with Crippen LogP contribution >= 0.6 is 0 Å². The molecular weight excluding hydrogens is 204 g/mol. The largest absolute Gasteiger partial charge is 0.0801 e. The zero-order valence-electron chi connectivity index (χ0n) is 12.3. The number of hydrogen-bond acceptors (Lipinski definition) is 0. The quantitative estimate of drug-likeness (QED) is 0.500. The van der Waals surface area contributed by atoms with Crippen LogP contribution in [0.2, 0.25) is 0 Å². The average Bonchev–Trinajstić information content (AvgIpc) is 2.70. The smallest absolute Gasteiger partial charge is 0.0162 e. The molecule has 1 aliphatic rings. The third kappa shape index (κ3) is 7.57. The molecule has 0 atom stereocenters. The Labute approximate surface area is 108 Å². The van der Waals surface area contributed by atoms with Crippen molar-refractivity contribution in [2.45, 2.75) is 48.0 Å². The maximum absolute atomic E-state index is 2.18. The molecule has 0 fully saturated rings. The van der Waals surface area contributed by atoms with Crippen LogP contribution in [0.3, 0.4) is 0 Å². The minimum atomic E-state index is 1.05. The number of allylic oxidation sites excluding steroid dienone is 2. The van der Waals surface area contributed by atoms with Gasteiger partial charge in [0, 0.05) is 0 Å². The molecule has 0 unspecified atom stereocenters. The van der Waals surface area contributed by atoms with Crippen molar-refractivity contribution >= 4 is 12.2 Å². The Morgan fingerprint density at radius 1 is 0.647 bits per heavy atom. The van der Waals surface area contributed by atoms with Gasteiger partial charge in [0.2, 0.25) is 0 Å². The van der Waals surface area contributed by atoms with E-state index in [1.807, 2.05) is 41.5 Å². The summed E-state index contributed by atoms with van der Waals surface area (Å²) in [4.78, 5) is 0. The van der Waals surface area contributed by atoms with Gasteiger partial charge in [-0.15, -0.1) is 0 Å². The van der Waals surface area contributed by atoms with E-state index in [1.54, 1.807) is 0 Å². The minimum absolute atomic E-state index is 1.05. The van der Waals surface area contributed by atoms with Crippen LogP contribution in [0, 0.1) is 0 Å². The molecule has 0 N–H and O–H groups in total. The Bertz CT molecular complexity index is 275. The van der Waals surface area contributed by atoms with E-state index in [0.29, 0.717) is 0 Å². The molecule has 0 saturated heterocycles. The fourth-order valence-electron chi connectivity index (χ4n) is 1.28. The molecule has 0 aliphatic heterocycles. The van der Waals surface area contributed by atoms with Crippen LogP contribution in [0.25, 0.3) is 12.2 Å². The normalized spacial score (nSPS) is 10.2. The van der Waals surface area contributed by atoms with Crippen molar-refractivity contribution in [2.75, 3.05) is 0 Å². The zero-order valence-corrected chi connectivity index (χ0v) is 12.3. The highest BCUT2D eigenvalue weighted by molar-refractivity contribution is 5.67. The molecule has 0 amide bonds. The van der Waals surface area contributed by atoms with E-state index >= 15 is 0 Å². The summed E-state index contributed by atoms with van der Waals surface area (Å²) in [7, 11) is 0. The second-order valence-electron chi connectivity index (χ2n) is 2.67. The Morgan fingerprint density at radius 2 is 1.00 bits per heavy atom. The highest BCUT2D eigenvalue weighted by Gasteiger charge is 1.94. The van der Waals surface area contributed by atoms with Crippen LogP contribution in [0.4, 0.5) is 0 Å². The lowest BCUT2D eigenvalue weighted by Gasteiger charge is -1.96. The van der Waals surface area contributed by atoms with Crippen LogP contribution < -0.4 is 0 Å². The highest BCUT2D eigenvalue weighted by atomic mass is 14.0. The molecule has 96 valence electrons. The summed E-state index contributed by atoms with van der Waals surface area (Å²) in [5, 5.41) is 0. The molecule has 1 aromatic rings. The SMILES string of the molecule is C1=Cc2ccccc2C=CC1.CC.CC.CC. The monoisotopic (exact) mass is 232 g/mol. The molecule has 1 aromatic carbocycles. The maximum Gasteiger partial charge on any atom is -0.0162 e. The Kier molecular flexibility index (Phi) is 15.6. The summed E-state index contributed by atoms with van der Waals surface area (Å²) in [5.74, 6) is 0.